The molecule has 0 unspecified atom stereocenters. The number of amides is 1. The molecule has 0 aliphatic rings. The summed E-state index contributed by atoms with van der Waals surface area (Å²) < 4.78 is 8.37. The van der Waals surface area contributed by atoms with E-state index in [4.69, 9.17) is 4.52 Å². The number of hydrogen-bond donors (Lipinski definition) is 1. The Kier molecular flexibility index (Phi) is 5.93. The number of nitrogens with zero attached hydrogens (tertiary/aromatic N) is 5. The number of Topliss-reactive ketones (excluding diaryl/α,β-unsaturated/α-hetero) is 1. The average molecular weight is 485 g/mol. The molecule has 0 fully saturated rings. The molecule has 182 valence electrons. The number of nitrogens with one attached hydrogen (secondary N) is 1. The Morgan fingerprint density at radius 3 is 2.53 bits per heavy atom. The quantitative estimate of drug-likeness (QED) is 0.349. The molecule has 0 bridgehead atoms. The number of carbonyl (C=O) groups is 2. The van der Waals surface area contributed by atoms with Crippen molar-refractivity contribution >= 4 is 39.3 Å². The highest BCUT2D eigenvalue weighted by Crippen LogP contribution is 2.25. The summed E-state index contributed by atoms with van der Waals surface area (Å²) in [5, 5.41) is 7.55. The number of rotatable bonds is 7. The third-order valence-electron chi connectivity index (χ3n) is 5.92. The van der Waals surface area contributed by atoms with Gasteiger partial charge in [-0.2, -0.15) is 4.98 Å². The minimum Gasteiger partial charge on any atom is -0.337 e. The van der Waals surface area contributed by atoms with Gasteiger partial charge in [0.1, 0.15) is 24.1 Å². The fraction of sp³-hybridized carbons (Fsp3) is 0.231. The van der Waals surface area contributed by atoms with Crippen LogP contribution < -0.4 is 10.9 Å². The van der Waals surface area contributed by atoms with Crippen LogP contribution in [0, 0.1) is 0 Å². The molecule has 1 N–H and O–H groups in total. The Labute approximate surface area is 205 Å². The standard InChI is InChI=1S/C26H24N6O4/c1-15(2)25-29-22(36-30-25)13-31-14-27-23-19-6-4-5-7-20(19)32(24(23)26(31)35)12-21(34)28-18-10-8-17(9-11-18)16(3)33/h4-11,14-15H,12-13H2,1-3H3,(H,28,34). The molecule has 10 nitrogen and oxygen atoms in total. The van der Waals surface area contributed by atoms with E-state index in [-0.39, 0.29) is 36.3 Å². The van der Waals surface area contributed by atoms with Gasteiger partial charge in [0.15, 0.2) is 11.6 Å². The van der Waals surface area contributed by atoms with Crippen molar-refractivity contribution < 1.29 is 14.1 Å². The van der Waals surface area contributed by atoms with Crippen molar-refractivity contribution in [2.24, 2.45) is 0 Å². The lowest BCUT2D eigenvalue weighted by Crippen LogP contribution is -2.25. The van der Waals surface area contributed by atoms with Crippen LogP contribution in [-0.2, 0) is 17.9 Å². The second-order valence-electron chi connectivity index (χ2n) is 8.86. The van der Waals surface area contributed by atoms with E-state index in [0.717, 1.165) is 10.9 Å². The summed E-state index contributed by atoms with van der Waals surface area (Å²) >= 11 is 0. The zero-order valence-corrected chi connectivity index (χ0v) is 20.1. The second-order valence-corrected chi connectivity index (χ2v) is 8.86. The monoisotopic (exact) mass is 484 g/mol. The molecule has 36 heavy (non-hydrogen) atoms. The maximum absolute atomic E-state index is 13.6. The first kappa shape index (κ1) is 23.2. The van der Waals surface area contributed by atoms with Gasteiger partial charge in [0.2, 0.25) is 11.8 Å². The first-order valence-corrected chi connectivity index (χ1v) is 11.5. The summed E-state index contributed by atoms with van der Waals surface area (Å²) in [6.45, 7) is 5.36. The van der Waals surface area contributed by atoms with E-state index in [1.165, 1.54) is 17.8 Å². The van der Waals surface area contributed by atoms with Crippen LogP contribution in [0.5, 0.6) is 0 Å². The van der Waals surface area contributed by atoms with Gasteiger partial charge in [0.25, 0.3) is 5.56 Å². The van der Waals surface area contributed by atoms with Crippen LogP contribution in [0.1, 0.15) is 48.8 Å². The van der Waals surface area contributed by atoms with E-state index in [1.54, 1.807) is 28.8 Å². The highest BCUT2D eigenvalue weighted by atomic mass is 16.5. The molecule has 0 radical (unpaired) electrons. The summed E-state index contributed by atoms with van der Waals surface area (Å²) in [5.74, 6) is 0.592. The zero-order chi connectivity index (χ0) is 25.4. The maximum Gasteiger partial charge on any atom is 0.278 e. The largest absolute Gasteiger partial charge is 0.337 e. The summed E-state index contributed by atoms with van der Waals surface area (Å²) in [6.07, 6.45) is 1.46. The van der Waals surface area contributed by atoms with Crippen LogP contribution in [0.4, 0.5) is 5.69 Å². The van der Waals surface area contributed by atoms with Gasteiger partial charge >= 0.3 is 0 Å². The third-order valence-corrected chi connectivity index (χ3v) is 5.92. The number of fused-ring (bicyclic) bond motifs is 3. The van der Waals surface area contributed by atoms with Crippen LogP contribution in [0.2, 0.25) is 0 Å². The number of anilines is 1. The molecule has 0 saturated heterocycles. The molecule has 10 heteroatoms. The first-order chi connectivity index (χ1) is 17.3. The first-order valence-electron chi connectivity index (χ1n) is 11.5. The number of ketones is 1. The third kappa shape index (κ3) is 4.28. The molecular formula is C26H24N6O4. The van der Waals surface area contributed by atoms with Crippen LogP contribution in [-0.4, -0.2) is 35.9 Å². The van der Waals surface area contributed by atoms with Crippen LogP contribution in [0.3, 0.4) is 0 Å². The Balaban J connectivity index is 1.51. The van der Waals surface area contributed by atoms with Crippen LogP contribution in [0.25, 0.3) is 21.9 Å². The predicted octanol–water partition coefficient (Wildman–Crippen LogP) is 3.75. The Morgan fingerprint density at radius 1 is 1.08 bits per heavy atom. The lowest BCUT2D eigenvalue weighted by Gasteiger charge is -2.09. The van der Waals surface area contributed by atoms with E-state index in [1.807, 2.05) is 38.1 Å². The number of benzene rings is 2. The van der Waals surface area contributed by atoms with Gasteiger partial charge < -0.3 is 14.4 Å². The Morgan fingerprint density at radius 2 is 1.83 bits per heavy atom. The van der Waals surface area contributed by atoms with E-state index >= 15 is 0 Å². The van der Waals surface area contributed by atoms with E-state index in [0.29, 0.717) is 34.0 Å². The lowest BCUT2D eigenvalue weighted by molar-refractivity contribution is -0.116. The SMILES string of the molecule is CC(=O)c1ccc(NC(=O)Cn2c3ccccc3c3ncn(Cc4nc(C(C)C)no4)c(=O)c32)cc1. The summed E-state index contributed by atoms with van der Waals surface area (Å²) in [5.41, 5.74) is 2.33. The molecule has 5 rings (SSSR count). The topological polar surface area (TPSA) is 125 Å². The smallest absolute Gasteiger partial charge is 0.278 e. The van der Waals surface area contributed by atoms with Gasteiger partial charge in [-0.3, -0.25) is 19.0 Å². The van der Waals surface area contributed by atoms with Gasteiger partial charge in [0, 0.05) is 22.6 Å². The second kappa shape index (κ2) is 9.21. The van der Waals surface area contributed by atoms with E-state index in [2.05, 4.69) is 20.4 Å². The summed E-state index contributed by atoms with van der Waals surface area (Å²) in [7, 11) is 0. The number of carbonyl (C=O) groups excluding carboxylic acids is 2. The van der Waals surface area contributed by atoms with Crippen molar-refractivity contribution in [1.29, 1.82) is 0 Å². The Bertz CT molecular complexity index is 1660. The maximum atomic E-state index is 13.6. The van der Waals surface area contributed by atoms with E-state index < -0.39 is 0 Å². The minimum atomic E-state index is -0.320. The molecule has 0 saturated carbocycles. The molecule has 1 amide bonds. The number of para-hydroxylation sites is 1. The van der Waals surface area contributed by atoms with Crippen LogP contribution >= 0.6 is 0 Å². The van der Waals surface area contributed by atoms with Gasteiger partial charge in [-0.25, -0.2) is 4.98 Å². The van der Waals surface area contributed by atoms with Gasteiger partial charge in [-0.15, -0.1) is 0 Å². The highest BCUT2D eigenvalue weighted by Gasteiger charge is 2.19. The van der Waals surface area contributed by atoms with Gasteiger partial charge in [0.05, 0.1) is 11.8 Å². The van der Waals surface area contributed by atoms with Crippen molar-refractivity contribution in [2.75, 3.05) is 5.32 Å². The minimum absolute atomic E-state index is 0.0529. The average Bonchev–Trinajstić information content (AvgIpc) is 3.45. The molecule has 3 heterocycles. The fourth-order valence-electron chi connectivity index (χ4n) is 4.07. The molecule has 0 aliphatic carbocycles. The van der Waals surface area contributed by atoms with Crippen molar-refractivity contribution in [3.63, 3.8) is 0 Å². The summed E-state index contributed by atoms with van der Waals surface area (Å²) in [4.78, 5) is 46.9. The molecule has 3 aromatic heterocycles. The molecule has 5 aromatic rings. The van der Waals surface area contributed by atoms with Crippen LogP contribution in [0.15, 0.2) is 64.2 Å². The Hall–Kier alpha value is -4.60. The predicted molar refractivity (Wildman–Crippen MR) is 134 cm³/mol. The fourth-order valence-corrected chi connectivity index (χ4v) is 4.07. The number of hydrogen-bond acceptors (Lipinski definition) is 7. The van der Waals surface area contributed by atoms with Crippen molar-refractivity contribution in [3.05, 3.63) is 82.5 Å². The summed E-state index contributed by atoms with van der Waals surface area (Å²) in [6, 6.07) is 14.1. The lowest BCUT2D eigenvalue weighted by atomic mass is 10.1. The molecule has 0 atom stereocenters. The van der Waals surface area contributed by atoms with Gasteiger partial charge in [-0.1, -0.05) is 37.2 Å². The van der Waals surface area contributed by atoms with Crippen molar-refractivity contribution in [1.82, 2.24) is 24.3 Å². The molecular weight excluding hydrogens is 460 g/mol. The molecule has 0 aliphatic heterocycles. The van der Waals surface area contributed by atoms with Crippen molar-refractivity contribution in [2.45, 2.75) is 39.8 Å². The number of aromatic nitrogens is 5. The van der Waals surface area contributed by atoms with Gasteiger partial charge in [-0.05, 0) is 37.3 Å². The zero-order valence-electron chi connectivity index (χ0n) is 20.1. The van der Waals surface area contributed by atoms with E-state index in [9.17, 15) is 14.4 Å². The normalized spacial score (nSPS) is 11.4. The molecule has 2 aromatic carbocycles. The molecule has 0 spiro atoms. The highest BCUT2D eigenvalue weighted by molar-refractivity contribution is 6.06. The van der Waals surface area contributed by atoms with Crippen molar-refractivity contribution in [3.8, 4) is 0 Å².